The summed E-state index contributed by atoms with van der Waals surface area (Å²) in [6.07, 6.45) is 1.23. The lowest BCUT2D eigenvalue weighted by molar-refractivity contribution is -0.144. The molecule has 0 radical (unpaired) electrons. The summed E-state index contributed by atoms with van der Waals surface area (Å²) in [4.78, 5) is 30.0. The van der Waals surface area contributed by atoms with Gasteiger partial charge in [-0.1, -0.05) is 0 Å². The number of nitrogens with one attached hydrogen (secondary N) is 1. The van der Waals surface area contributed by atoms with Crippen LogP contribution in [0, 0.1) is 5.82 Å². The Bertz CT molecular complexity index is 783. The number of rotatable bonds is 4. The Hall–Kier alpha value is -2.61. The number of aliphatic carboxylic acids is 1. The summed E-state index contributed by atoms with van der Waals surface area (Å²) < 4.78 is 18.3. The van der Waals surface area contributed by atoms with Gasteiger partial charge >= 0.3 is 12.1 Å². The number of fused-ring (bicyclic) bond motifs is 1. The van der Waals surface area contributed by atoms with Gasteiger partial charge in [0.05, 0.1) is 6.61 Å². The molecule has 8 heteroatoms. The quantitative estimate of drug-likeness (QED) is 0.884. The lowest BCUT2D eigenvalue weighted by Gasteiger charge is -2.37. The summed E-state index contributed by atoms with van der Waals surface area (Å²) in [5.41, 5.74) is 1.15. The van der Waals surface area contributed by atoms with E-state index in [0.717, 1.165) is 0 Å². The van der Waals surface area contributed by atoms with Gasteiger partial charge in [0.15, 0.2) is 0 Å². The molecule has 25 heavy (non-hydrogen) atoms. The fourth-order valence-corrected chi connectivity index (χ4v) is 3.21. The molecule has 1 aromatic carbocycles. The number of carbonyl (C=O) groups excluding carboxylic acids is 1. The first-order valence-electron chi connectivity index (χ1n) is 8.16. The Morgan fingerprint density at radius 1 is 1.32 bits per heavy atom. The SMILES string of the molecule is CCOC(=O)N1CCN(C(C(=O)O)c2c[nH]c3cc(F)ccc23)CC1. The number of hydrogen-bond donors (Lipinski definition) is 2. The molecule has 3 rings (SSSR count). The van der Waals surface area contributed by atoms with E-state index in [1.807, 2.05) is 4.90 Å². The highest BCUT2D eigenvalue weighted by atomic mass is 19.1. The van der Waals surface area contributed by atoms with E-state index in [1.54, 1.807) is 24.1 Å². The van der Waals surface area contributed by atoms with E-state index in [4.69, 9.17) is 4.74 Å². The number of ether oxygens (including phenoxy) is 1. The first-order valence-corrected chi connectivity index (χ1v) is 8.16. The molecule has 1 saturated heterocycles. The number of H-pyrrole nitrogens is 1. The van der Waals surface area contributed by atoms with Crippen LogP contribution in [0.2, 0.25) is 0 Å². The monoisotopic (exact) mass is 349 g/mol. The molecule has 0 saturated carbocycles. The van der Waals surface area contributed by atoms with Crippen LogP contribution in [0.4, 0.5) is 9.18 Å². The second-order valence-electron chi connectivity index (χ2n) is 5.90. The largest absolute Gasteiger partial charge is 0.480 e. The molecule has 1 aromatic heterocycles. The minimum absolute atomic E-state index is 0.308. The highest BCUT2D eigenvalue weighted by molar-refractivity contribution is 5.89. The zero-order chi connectivity index (χ0) is 18.0. The van der Waals surface area contributed by atoms with Crippen molar-refractivity contribution in [2.75, 3.05) is 32.8 Å². The van der Waals surface area contributed by atoms with Crippen LogP contribution in [-0.4, -0.2) is 64.7 Å². The van der Waals surface area contributed by atoms with Crippen molar-refractivity contribution in [3.63, 3.8) is 0 Å². The average molecular weight is 349 g/mol. The molecule has 2 aromatic rings. The summed E-state index contributed by atoms with van der Waals surface area (Å²) in [7, 11) is 0. The van der Waals surface area contributed by atoms with Gasteiger partial charge < -0.3 is 19.7 Å². The van der Waals surface area contributed by atoms with Crippen molar-refractivity contribution in [1.29, 1.82) is 0 Å². The molecule has 2 heterocycles. The number of carboxylic acid groups (broad SMARTS) is 1. The fraction of sp³-hybridized carbons (Fsp3) is 0.412. The smallest absolute Gasteiger partial charge is 0.409 e. The van der Waals surface area contributed by atoms with E-state index >= 15 is 0 Å². The zero-order valence-corrected chi connectivity index (χ0v) is 13.9. The van der Waals surface area contributed by atoms with Crippen molar-refractivity contribution in [3.8, 4) is 0 Å². The predicted molar refractivity (Wildman–Crippen MR) is 88.8 cm³/mol. The number of carbonyl (C=O) groups is 2. The van der Waals surface area contributed by atoms with Crippen LogP contribution in [0.3, 0.4) is 0 Å². The molecular formula is C17H20FN3O4. The van der Waals surface area contributed by atoms with E-state index in [-0.39, 0.29) is 11.9 Å². The number of amides is 1. The van der Waals surface area contributed by atoms with Gasteiger partial charge in [-0.3, -0.25) is 9.69 Å². The number of aromatic amines is 1. The predicted octanol–water partition coefficient (Wildman–Crippen LogP) is 2.21. The Morgan fingerprint density at radius 2 is 2.04 bits per heavy atom. The molecule has 2 N–H and O–H groups in total. The molecule has 0 bridgehead atoms. The molecule has 0 aliphatic carbocycles. The molecule has 1 aliphatic heterocycles. The van der Waals surface area contributed by atoms with Gasteiger partial charge in [0.2, 0.25) is 0 Å². The zero-order valence-electron chi connectivity index (χ0n) is 13.9. The summed E-state index contributed by atoms with van der Waals surface area (Å²) in [6.45, 7) is 3.70. The van der Waals surface area contributed by atoms with E-state index in [0.29, 0.717) is 49.3 Å². The van der Waals surface area contributed by atoms with Gasteiger partial charge in [-0.15, -0.1) is 0 Å². The van der Waals surface area contributed by atoms with Crippen molar-refractivity contribution in [3.05, 3.63) is 35.8 Å². The van der Waals surface area contributed by atoms with E-state index in [9.17, 15) is 19.1 Å². The number of piperazine rings is 1. The van der Waals surface area contributed by atoms with Crippen LogP contribution >= 0.6 is 0 Å². The van der Waals surface area contributed by atoms with E-state index in [1.165, 1.54) is 12.1 Å². The van der Waals surface area contributed by atoms with Crippen molar-refractivity contribution in [2.45, 2.75) is 13.0 Å². The highest BCUT2D eigenvalue weighted by Crippen LogP contribution is 2.30. The van der Waals surface area contributed by atoms with Gasteiger partial charge in [-0.2, -0.15) is 0 Å². The van der Waals surface area contributed by atoms with Crippen LogP contribution in [0.1, 0.15) is 18.5 Å². The van der Waals surface area contributed by atoms with Gasteiger partial charge in [0.25, 0.3) is 0 Å². The molecule has 1 aliphatic rings. The maximum atomic E-state index is 13.3. The molecule has 134 valence electrons. The van der Waals surface area contributed by atoms with Crippen LogP contribution < -0.4 is 0 Å². The Kier molecular flexibility index (Phi) is 4.89. The van der Waals surface area contributed by atoms with Crippen LogP contribution in [0.5, 0.6) is 0 Å². The number of carboxylic acids is 1. The summed E-state index contributed by atoms with van der Waals surface area (Å²) in [5.74, 6) is -1.36. The van der Waals surface area contributed by atoms with E-state index in [2.05, 4.69) is 4.98 Å². The van der Waals surface area contributed by atoms with Crippen molar-refractivity contribution < 1.29 is 23.8 Å². The number of benzene rings is 1. The lowest BCUT2D eigenvalue weighted by Crippen LogP contribution is -2.51. The maximum absolute atomic E-state index is 13.3. The standard InChI is InChI=1S/C17H20FN3O4/c1-2-25-17(24)21-7-5-20(6-8-21)15(16(22)23)13-10-19-14-9-11(18)3-4-12(13)14/h3-4,9-10,15,19H,2,5-8H2,1H3,(H,22,23). The van der Waals surface area contributed by atoms with Gasteiger partial charge in [-0.05, 0) is 25.1 Å². The van der Waals surface area contributed by atoms with Crippen molar-refractivity contribution in [1.82, 2.24) is 14.8 Å². The molecule has 1 atom stereocenters. The maximum Gasteiger partial charge on any atom is 0.409 e. The molecule has 0 spiro atoms. The molecule has 7 nitrogen and oxygen atoms in total. The molecule has 1 unspecified atom stereocenters. The topological polar surface area (TPSA) is 85.9 Å². The van der Waals surface area contributed by atoms with Crippen molar-refractivity contribution >= 4 is 23.0 Å². The molecular weight excluding hydrogens is 329 g/mol. The number of nitrogens with zero attached hydrogens (tertiary/aromatic N) is 2. The van der Waals surface area contributed by atoms with Crippen molar-refractivity contribution in [2.24, 2.45) is 0 Å². The Balaban J connectivity index is 1.80. The third-order valence-corrected chi connectivity index (χ3v) is 4.41. The normalized spacial score (nSPS) is 16.8. The van der Waals surface area contributed by atoms with Crippen LogP contribution in [-0.2, 0) is 9.53 Å². The van der Waals surface area contributed by atoms with Crippen LogP contribution in [0.25, 0.3) is 10.9 Å². The minimum atomic E-state index is -0.977. The van der Waals surface area contributed by atoms with Gasteiger partial charge in [0.1, 0.15) is 11.9 Å². The highest BCUT2D eigenvalue weighted by Gasteiger charge is 2.33. The summed E-state index contributed by atoms with van der Waals surface area (Å²) >= 11 is 0. The number of aromatic nitrogens is 1. The first-order chi connectivity index (χ1) is 12.0. The second-order valence-corrected chi connectivity index (χ2v) is 5.90. The third kappa shape index (κ3) is 3.43. The summed E-state index contributed by atoms with van der Waals surface area (Å²) in [6, 6.07) is 3.39. The average Bonchev–Trinajstić information content (AvgIpc) is 2.98. The molecule has 1 fully saturated rings. The Morgan fingerprint density at radius 3 is 2.68 bits per heavy atom. The minimum Gasteiger partial charge on any atom is -0.480 e. The fourth-order valence-electron chi connectivity index (χ4n) is 3.21. The van der Waals surface area contributed by atoms with Gasteiger partial charge in [0, 0.05) is 48.8 Å². The third-order valence-electron chi connectivity index (χ3n) is 4.41. The lowest BCUT2D eigenvalue weighted by atomic mass is 10.0. The van der Waals surface area contributed by atoms with E-state index < -0.39 is 12.0 Å². The number of hydrogen-bond acceptors (Lipinski definition) is 4. The molecule has 1 amide bonds. The Labute approximate surface area is 144 Å². The summed E-state index contributed by atoms with van der Waals surface area (Å²) in [5, 5.41) is 10.4. The van der Waals surface area contributed by atoms with Crippen LogP contribution in [0.15, 0.2) is 24.4 Å². The van der Waals surface area contributed by atoms with Gasteiger partial charge in [-0.25, -0.2) is 9.18 Å². The first kappa shape index (κ1) is 17.2. The second kappa shape index (κ2) is 7.10. The number of halogens is 1.